The molecule has 4 N–H and O–H groups in total. The molecule has 0 aliphatic heterocycles. The van der Waals surface area contributed by atoms with E-state index in [1.165, 1.54) is 79.6 Å². The largest absolute Gasteiger partial charge is 0.480 e. The first-order valence-electron chi connectivity index (χ1n) is 24.4. The van der Waals surface area contributed by atoms with Gasteiger partial charge in [0.25, 0.3) is 0 Å². The third-order valence-corrected chi connectivity index (χ3v) is 12.6. The van der Waals surface area contributed by atoms with Gasteiger partial charge in [-0.15, -0.1) is 0 Å². The van der Waals surface area contributed by atoms with Crippen LogP contribution in [0, 0.1) is 20.8 Å². The second kappa shape index (κ2) is 33.5. The summed E-state index contributed by atoms with van der Waals surface area (Å²) in [7, 11) is -4.74. The van der Waals surface area contributed by atoms with Crippen molar-refractivity contribution < 1.29 is 56.3 Å². The van der Waals surface area contributed by atoms with Gasteiger partial charge in [-0.3, -0.25) is 23.4 Å². The Morgan fingerprint density at radius 2 is 1.06 bits per heavy atom. The Hall–Kier alpha value is -2.96. The fourth-order valence-electron chi connectivity index (χ4n) is 7.60. The zero-order chi connectivity index (χ0) is 46.3. The van der Waals surface area contributed by atoms with Gasteiger partial charge in [-0.05, 0) is 82.1 Å². The number of furan rings is 2. The van der Waals surface area contributed by atoms with Crippen molar-refractivity contribution in [3.63, 3.8) is 0 Å². The summed E-state index contributed by atoms with van der Waals surface area (Å²) >= 11 is 0. The van der Waals surface area contributed by atoms with Crippen LogP contribution in [0.5, 0.6) is 0 Å². The lowest BCUT2D eigenvalue weighted by atomic mass is 10.0. The highest BCUT2D eigenvalue weighted by molar-refractivity contribution is 7.47. The van der Waals surface area contributed by atoms with E-state index in [1.807, 2.05) is 0 Å². The van der Waals surface area contributed by atoms with Gasteiger partial charge in [0.05, 0.1) is 13.2 Å². The smallest absolute Gasteiger partial charge is 0.472 e. The highest BCUT2D eigenvalue weighted by Gasteiger charge is 2.28. The molecule has 63 heavy (non-hydrogen) atoms. The number of phosphoric ester groups is 1. The number of ether oxygens (including phenoxy) is 2. The second-order valence-corrected chi connectivity index (χ2v) is 18.8. The first-order chi connectivity index (χ1) is 30.3. The maximum absolute atomic E-state index is 12.7. The van der Waals surface area contributed by atoms with Crippen LogP contribution >= 0.6 is 7.82 Å². The average Bonchev–Trinajstić information content (AvgIpc) is 3.74. The fourth-order valence-corrected chi connectivity index (χ4v) is 8.38. The third-order valence-electron chi connectivity index (χ3n) is 11.7. The lowest BCUT2D eigenvalue weighted by molar-refractivity contribution is -0.161. The maximum Gasteiger partial charge on any atom is 0.472 e. The van der Waals surface area contributed by atoms with E-state index in [2.05, 4.69) is 45.2 Å². The van der Waals surface area contributed by atoms with Crippen LogP contribution in [0.1, 0.15) is 208 Å². The number of rotatable bonds is 40. The Morgan fingerprint density at radius 1 is 0.603 bits per heavy atom. The number of hydrogen-bond acceptors (Lipinski definition) is 11. The number of aryl methyl sites for hydroxylation is 5. The Kier molecular flexibility index (Phi) is 29.9. The van der Waals surface area contributed by atoms with Crippen molar-refractivity contribution in [2.75, 3.05) is 19.8 Å². The Labute approximate surface area is 378 Å². The molecule has 2 aromatic heterocycles. The molecular weight excluding hydrogens is 826 g/mol. The van der Waals surface area contributed by atoms with Crippen LogP contribution in [-0.2, 0) is 63.2 Å². The minimum Gasteiger partial charge on any atom is -0.480 e. The lowest BCUT2D eigenvalue weighted by Gasteiger charge is -2.20. The molecule has 0 amide bonds. The average molecular weight is 910 g/mol. The summed E-state index contributed by atoms with van der Waals surface area (Å²) in [6, 6.07) is 0.627. The zero-order valence-electron chi connectivity index (χ0n) is 39.7. The normalized spacial score (nSPS) is 13.5. The van der Waals surface area contributed by atoms with Crippen LogP contribution in [0.3, 0.4) is 0 Å². The summed E-state index contributed by atoms with van der Waals surface area (Å²) in [5.74, 6) is 2.12. The van der Waals surface area contributed by atoms with Gasteiger partial charge in [0, 0.05) is 38.5 Å². The quantitative estimate of drug-likeness (QED) is 0.0324. The van der Waals surface area contributed by atoms with Crippen LogP contribution in [0.4, 0.5) is 0 Å². The predicted octanol–water partition coefficient (Wildman–Crippen LogP) is 12.1. The topological polar surface area (TPSA) is 198 Å². The highest BCUT2D eigenvalue weighted by Crippen LogP contribution is 2.43. The van der Waals surface area contributed by atoms with Crippen LogP contribution < -0.4 is 5.73 Å². The summed E-state index contributed by atoms with van der Waals surface area (Å²) in [4.78, 5) is 46.3. The van der Waals surface area contributed by atoms with Crippen LogP contribution in [0.2, 0.25) is 0 Å². The number of aliphatic carboxylic acids is 1. The minimum atomic E-state index is -4.74. The van der Waals surface area contributed by atoms with E-state index < -0.39 is 51.1 Å². The number of esters is 2. The van der Waals surface area contributed by atoms with Crippen molar-refractivity contribution in [3.05, 3.63) is 45.8 Å². The Balaban J connectivity index is 1.60. The highest BCUT2D eigenvalue weighted by atomic mass is 31.2. The van der Waals surface area contributed by atoms with Gasteiger partial charge < -0.3 is 34.0 Å². The SMILES string of the molecule is CCCCCc1oc(CCCCCCCCCCCCC(=O)OCC(COP(=O)(O)OCC(N)C(=O)O)OC(=O)CCCCCCCCCCc2oc(CCC)cc2C)c(C)c1C. The molecule has 0 saturated heterocycles. The zero-order valence-corrected chi connectivity index (χ0v) is 40.5. The number of carboxylic acid groups (broad SMARTS) is 1. The molecular formula is C49H84NO12P. The molecule has 2 aromatic rings. The second-order valence-electron chi connectivity index (χ2n) is 17.4. The summed E-state index contributed by atoms with van der Waals surface area (Å²) in [6.45, 7) is 9.15. The van der Waals surface area contributed by atoms with Gasteiger partial charge in [0.2, 0.25) is 0 Å². The molecule has 362 valence electrons. The number of hydrogen-bond donors (Lipinski definition) is 3. The van der Waals surface area contributed by atoms with E-state index >= 15 is 0 Å². The molecule has 2 heterocycles. The monoisotopic (exact) mass is 910 g/mol. The van der Waals surface area contributed by atoms with E-state index in [0.717, 1.165) is 114 Å². The van der Waals surface area contributed by atoms with Gasteiger partial charge in [0.1, 0.15) is 35.7 Å². The summed E-state index contributed by atoms with van der Waals surface area (Å²) < 4.78 is 45.1. The van der Waals surface area contributed by atoms with E-state index in [4.69, 9.17) is 33.7 Å². The molecule has 0 aromatic carbocycles. The molecule has 0 fully saturated rings. The van der Waals surface area contributed by atoms with Crippen molar-refractivity contribution in [2.45, 2.75) is 227 Å². The Bertz CT molecular complexity index is 1600. The molecule has 0 radical (unpaired) electrons. The summed E-state index contributed by atoms with van der Waals surface area (Å²) in [6.07, 6.45) is 26.9. The van der Waals surface area contributed by atoms with Gasteiger partial charge in [-0.1, -0.05) is 117 Å². The molecule has 13 nitrogen and oxygen atoms in total. The van der Waals surface area contributed by atoms with E-state index in [9.17, 15) is 23.8 Å². The molecule has 0 aliphatic rings. The van der Waals surface area contributed by atoms with E-state index in [1.54, 1.807) is 0 Å². The molecule has 0 bridgehead atoms. The third kappa shape index (κ3) is 25.9. The van der Waals surface area contributed by atoms with Crippen molar-refractivity contribution in [1.29, 1.82) is 0 Å². The van der Waals surface area contributed by atoms with Gasteiger partial charge in [0.15, 0.2) is 6.10 Å². The molecule has 2 rings (SSSR count). The van der Waals surface area contributed by atoms with Crippen LogP contribution in [0.25, 0.3) is 0 Å². The number of unbranched alkanes of at least 4 members (excludes halogenated alkanes) is 18. The lowest BCUT2D eigenvalue weighted by Crippen LogP contribution is -2.34. The van der Waals surface area contributed by atoms with Gasteiger partial charge in [-0.2, -0.15) is 0 Å². The fraction of sp³-hybridized carbons (Fsp3) is 0.776. The standard InChI is InChI=1S/C49H84NO12P/c1-6-8-23-30-45-39(4)40(5)46(62-45)31-25-20-16-11-9-10-12-17-21-26-32-47(51)57-35-42(36-58-63(55,56)59-37-43(50)49(53)54)61-48(52)33-27-22-18-14-13-15-19-24-29-44-38(3)34-41(60-44)28-7-2/h34,42-43H,6-33,35-37,50H2,1-5H3,(H,53,54)(H,55,56). The minimum absolute atomic E-state index is 0.138. The molecule has 3 unspecified atom stereocenters. The van der Waals surface area contributed by atoms with Gasteiger partial charge >= 0.3 is 25.7 Å². The number of carbonyl (C=O) groups excluding carboxylic acids is 2. The maximum atomic E-state index is 12.7. The van der Waals surface area contributed by atoms with E-state index in [-0.39, 0.29) is 19.4 Å². The summed E-state index contributed by atoms with van der Waals surface area (Å²) in [5.41, 5.74) is 9.26. The number of carbonyl (C=O) groups is 3. The molecule has 14 heteroatoms. The number of phosphoric acid groups is 1. The first kappa shape index (κ1) is 56.2. The van der Waals surface area contributed by atoms with Crippen molar-refractivity contribution in [1.82, 2.24) is 0 Å². The summed E-state index contributed by atoms with van der Waals surface area (Å²) in [5, 5.41) is 8.93. The van der Waals surface area contributed by atoms with Crippen LogP contribution in [0.15, 0.2) is 14.9 Å². The Morgan fingerprint density at radius 3 is 1.57 bits per heavy atom. The molecule has 0 saturated carbocycles. The van der Waals surface area contributed by atoms with Crippen molar-refractivity contribution in [3.8, 4) is 0 Å². The predicted molar refractivity (Wildman–Crippen MR) is 247 cm³/mol. The van der Waals surface area contributed by atoms with E-state index in [0.29, 0.717) is 12.8 Å². The molecule has 3 atom stereocenters. The van der Waals surface area contributed by atoms with Crippen molar-refractivity contribution in [2.24, 2.45) is 5.73 Å². The van der Waals surface area contributed by atoms with Gasteiger partial charge in [-0.25, -0.2) is 4.57 Å². The number of carboxylic acids is 1. The number of nitrogens with two attached hydrogens (primary N) is 1. The van der Waals surface area contributed by atoms with Crippen LogP contribution in [-0.4, -0.2) is 59.9 Å². The molecule has 0 spiro atoms. The first-order valence-corrected chi connectivity index (χ1v) is 25.9. The molecule has 0 aliphatic carbocycles. The van der Waals surface area contributed by atoms with Crippen molar-refractivity contribution >= 4 is 25.7 Å².